The van der Waals surface area contributed by atoms with E-state index in [1.807, 2.05) is 13.2 Å². The van der Waals surface area contributed by atoms with Crippen molar-refractivity contribution in [3.8, 4) is 0 Å². The van der Waals surface area contributed by atoms with Crippen molar-refractivity contribution in [2.45, 2.75) is 18.2 Å². The first-order valence-electron chi connectivity index (χ1n) is 5.22. The molecule has 0 amide bonds. The minimum atomic E-state index is 0.0769. The lowest BCUT2D eigenvalue weighted by atomic mass is 10.2. The van der Waals surface area contributed by atoms with Gasteiger partial charge in [0.05, 0.1) is 6.61 Å². The van der Waals surface area contributed by atoms with Crippen LogP contribution in [0.3, 0.4) is 0 Å². The number of hydrogen-bond donors (Lipinski definition) is 3. The van der Waals surface area contributed by atoms with Crippen LogP contribution in [0.5, 0.6) is 0 Å². The van der Waals surface area contributed by atoms with Crippen molar-refractivity contribution in [1.82, 2.24) is 9.97 Å². The van der Waals surface area contributed by atoms with E-state index in [1.165, 1.54) is 6.33 Å². The van der Waals surface area contributed by atoms with Crippen LogP contribution in [0.15, 0.2) is 6.33 Å². The molecule has 1 heterocycles. The van der Waals surface area contributed by atoms with Crippen LogP contribution in [0.25, 0.3) is 0 Å². The Morgan fingerprint density at radius 2 is 2.24 bits per heavy atom. The molecule has 0 radical (unpaired) electrons. The van der Waals surface area contributed by atoms with Gasteiger partial charge in [0.15, 0.2) is 11.0 Å². The number of halogens is 1. The molecule has 7 heteroatoms. The lowest BCUT2D eigenvalue weighted by Crippen LogP contribution is -2.31. The molecule has 1 aromatic heterocycles. The summed E-state index contributed by atoms with van der Waals surface area (Å²) in [5.74, 6) is 0.646. The second-order valence-electron chi connectivity index (χ2n) is 3.53. The molecule has 5 nitrogen and oxygen atoms in total. The van der Waals surface area contributed by atoms with Crippen molar-refractivity contribution in [2.24, 2.45) is 0 Å². The lowest BCUT2D eigenvalue weighted by Gasteiger charge is -2.23. The number of hydrogen-bond acceptors (Lipinski definition) is 6. The number of thioether (sulfide) groups is 1. The number of aromatic nitrogens is 2. The fourth-order valence-corrected chi connectivity index (χ4v) is 2.29. The van der Waals surface area contributed by atoms with E-state index in [1.54, 1.807) is 18.8 Å². The third-order valence-electron chi connectivity index (χ3n) is 2.46. The molecule has 96 valence electrons. The average molecular weight is 277 g/mol. The van der Waals surface area contributed by atoms with Gasteiger partial charge in [0.2, 0.25) is 0 Å². The van der Waals surface area contributed by atoms with Crippen molar-refractivity contribution in [2.75, 3.05) is 30.5 Å². The van der Waals surface area contributed by atoms with Crippen LogP contribution in [0.2, 0.25) is 5.15 Å². The fraction of sp³-hybridized carbons (Fsp3) is 0.600. The Morgan fingerprint density at radius 3 is 2.76 bits per heavy atom. The Morgan fingerprint density at radius 1 is 1.53 bits per heavy atom. The standard InChI is InChI=1S/C10H17ClN4OS/c1-6(7(4-16)17-3)15-10-8(12-2)9(11)13-5-14-10/h5-7,12,16H,4H2,1-3H3,(H,13,14,15). The minimum Gasteiger partial charge on any atom is -0.395 e. The predicted octanol–water partition coefficient (Wildman–Crippen LogP) is 1.70. The van der Waals surface area contributed by atoms with Gasteiger partial charge in [-0.2, -0.15) is 11.8 Å². The molecule has 0 aromatic carbocycles. The largest absolute Gasteiger partial charge is 0.395 e. The predicted molar refractivity (Wildman–Crippen MR) is 74.1 cm³/mol. The number of aliphatic hydroxyl groups excluding tert-OH is 1. The molecule has 0 bridgehead atoms. The molecule has 2 unspecified atom stereocenters. The molecule has 1 aromatic rings. The summed E-state index contributed by atoms with van der Waals surface area (Å²) in [4.78, 5) is 8.04. The molecule has 0 fully saturated rings. The van der Waals surface area contributed by atoms with Crippen molar-refractivity contribution in [3.63, 3.8) is 0 Å². The van der Waals surface area contributed by atoms with E-state index in [4.69, 9.17) is 11.6 Å². The highest BCUT2D eigenvalue weighted by molar-refractivity contribution is 7.99. The lowest BCUT2D eigenvalue weighted by molar-refractivity contribution is 0.288. The number of nitrogens with zero attached hydrogens (tertiary/aromatic N) is 2. The van der Waals surface area contributed by atoms with Crippen LogP contribution in [0.1, 0.15) is 6.92 Å². The smallest absolute Gasteiger partial charge is 0.157 e. The second kappa shape index (κ2) is 6.88. The minimum absolute atomic E-state index is 0.0769. The SMILES string of the molecule is CNc1c(Cl)ncnc1NC(C)C(CO)SC. The van der Waals surface area contributed by atoms with Crippen LogP contribution < -0.4 is 10.6 Å². The molecule has 0 saturated carbocycles. The summed E-state index contributed by atoms with van der Waals surface area (Å²) in [6, 6.07) is 0.0769. The highest BCUT2D eigenvalue weighted by Gasteiger charge is 2.17. The summed E-state index contributed by atoms with van der Waals surface area (Å²) >= 11 is 7.56. The highest BCUT2D eigenvalue weighted by atomic mass is 35.5. The molecule has 0 aliphatic carbocycles. The molecule has 0 spiro atoms. The zero-order valence-corrected chi connectivity index (χ0v) is 11.6. The van der Waals surface area contributed by atoms with E-state index in [0.29, 0.717) is 16.7 Å². The molecule has 0 aliphatic heterocycles. The van der Waals surface area contributed by atoms with E-state index in [-0.39, 0.29) is 17.9 Å². The first-order chi connectivity index (χ1) is 8.13. The van der Waals surface area contributed by atoms with Crippen LogP contribution in [0.4, 0.5) is 11.5 Å². The first-order valence-corrected chi connectivity index (χ1v) is 6.89. The summed E-state index contributed by atoms with van der Waals surface area (Å²) in [6.45, 7) is 2.11. The van der Waals surface area contributed by atoms with Gasteiger partial charge in [0.1, 0.15) is 12.0 Å². The van der Waals surface area contributed by atoms with Gasteiger partial charge < -0.3 is 15.7 Å². The maximum Gasteiger partial charge on any atom is 0.157 e. The van der Waals surface area contributed by atoms with E-state index in [2.05, 4.69) is 20.6 Å². The van der Waals surface area contributed by atoms with Gasteiger partial charge in [-0.3, -0.25) is 0 Å². The molecular formula is C10H17ClN4OS. The normalized spacial score (nSPS) is 14.2. The zero-order valence-electron chi connectivity index (χ0n) is 10.1. The zero-order chi connectivity index (χ0) is 12.8. The third kappa shape index (κ3) is 3.62. The van der Waals surface area contributed by atoms with Gasteiger partial charge in [-0.25, -0.2) is 9.97 Å². The molecule has 1 rings (SSSR count). The number of anilines is 2. The second-order valence-corrected chi connectivity index (χ2v) is 4.96. The van der Waals surface area contributed by atoms with Crippen LogP contribution in [-0.2, 0) is 0 Å². The fourth-order valence-electron chi connectivity index (χ4n) is 1.44. The van der Waals surface area contributed by atoms with Crippen molar-refractivity contribution < 1.29 is 5.11 Å². The third-order valence-corrected chi connectivity index (χ3v) is 3.91. The Hall–Kier alpha value is -0.720. The van der Waals surface area contributed by atoms with Gasteiger partial charge in [0.25, 0.3) is 0 Å². The molecule has 17 heavy (non-hydrogen) atoms. The van der Waals surface area contributed by atoms with E-state index < -0.39 is 0 Å². The average Bonchev–Trinajstić information content (AvgIpc) is 2.31. The molecule has 0 saturated heterocycles. The van der Waals surface area contributed by atoms with Gasteiger partial charge in [-0.15, -0.1) is 0 Å². The summed E-state index contributed by atoms with van der Waals surface area (Å²) in [6.07, 6.45) is 3.37. The summed E-state index contributed by atoms with van der Waals surface area (Å²) < 4.78 is 0. The maximum atomic E-state index is 9.22. The number of rotatable bonds is 6. The first kappa shape index (κ1) is 14.3. The Bertz CT molecular complexity index is 362. The van der Waals surface area contributed by atoms with Gasteiger partial charge in [0, 0.05) is 18.3 Å². The summed E-state index contributed by atoms with van der Waals surface area (Å²) in [5, 5.41) is 15.9. The van der Waals surface area contributed by atoms with Crippen molar-refractivity contribution in [1.29, 1.82) is 0 Å². The van der Waals surface area contributed by atoms with E-state index in [0.717, 1.165) is 0 Å². The molecule has 3 N–H and O–H groups in total. The Labute approximate surface area is 110 Å². The van der Waals surface area contributed by atoms with Crippen molar-refractivity contribution in [3.05, 3.63) is 11.5 Å². The summed E-state index contributed by atoms with van der Waals surface area (Å²) in [7, 11) is 1.76. The van der Waals surface area contributed by atoms with Crippen LogP contribution in [0, 0.1) is 0 Å². The topological polar surface area (TPSA) is 70.1 Å². The quantitative estimate of drug-likeness (QED) is 0.687. The molecular weight excluding hydrogens is 260 g/mol. The summed E-state index contributed by atoms with van der Waals surface area (Å²) in [5.41, 5.74) is 0.666. The van der Waals surface area contributed by atoms with Gasteiger partial charge in [-0.05, 0) is 13.2 Å². The maximum absolute atomic E-state index is 9.22. The molecule has 0 aliphatic rings. The van der Waals surface area contributed by atoms with Gasteiger partial charge >= 0.3 is 0 Å². The molecule has 2 atom stereocenters. The van der Waals surface area contributed by atoms with E-state index >= 15 is 0 Å². The Balaban J connectivity index is 2.84. The van der Waals surface area contributed by atoms with Crippen LogP contribution >= 0.6 is 23.4 Å². The Kier molecular flexibility index (Phi) is 5.80. The van der Waals surface area contributed by atoms with E-state index in [9.17, 15) is 5.11 Å². The number of nitrogens with one attached hydrogen (secondary N) is 2. The van der Waals surface area contributed by atoms with Crippen molar-refractivity contribution >= 4 is 34.9 Å². The highest BCUT2D eigenvalue weighted by Crippen LogP contribution is 2.27. The number of aliphatic hydroxyl groups is 1. The van der Waals surface area contributed by atoms with Gasteiger partial charge in [-0.1, -0.05) is 11.6 Å². The monoisotopic (exact) mass is 276 g/mol. The van der Waals surface area contributed by atoms with Crippen LogP contribution in [-0.4, -0.2) is 46.3 Å².